The molecule has 0 unspecified atom stereocenters. The molecule has 0 bridgehead atoms. The number of nitrogens with one attached hydrogen (secondary N) is 1. The Hall–Kier alpha value is -1.32. The molecule has 3 N–H and O–H groups in total. The van der Waals surface area contributed by atoms with Crippen LogP contribution in [-0.2, 0) is 0 Å². The first kappa shape index (κ1) is 7.34. The van der Waals surface area contributed by atoms with Crippen LogP contribution in [0.2, 0.25) is 0 Å². The van der Waals surface area contributed by atoms with Crippen molar-refractivity contribution in [2.75, 3.05) is 5.73 Å². The van der Waals surface area contributed by atoms with Gasteiger partial charge in [-0.3, -0.25) is 4.79 Å². The normalized spacial score (nSPS) is 16.4. The average Bonchev–Trinajstić information content (AvgIpc) is 2.81. The number of nitrogens with zero attached hydrogens (tertiary/aromatic N) is 1. The summed E-state index contributed by atoms with van der Waals surface area (Å²) in [6, 6.07) is 0. The Morgan fingerprint density at radius 3 is 2.75 bits per heavy atom. The summed E-state index contributed by atoms with van der Waals surface area (Å²) in [7, 11) is 0. The molecule has 0 aromatic carbocycles. The average molecular weight is 165 g/mol. The second-order valence-electron chi connectivity index (χ2n) is 3.24. The van der Waals surface area contributed by atoms with Crippen molar-refractivity contribution in [3.8, 4) is 0 Å². The van der Waals surface area contributed by atoms with Gasteiger partial charge in [0.1, 0.15) is 11.6 Å². The number of H-pyrrole nitrogens is 1. The first-order valence-corrected chi connectivity index (χ1v) is 4.05. The van der Waals surface area contributed by atoms with Gasteiger partial charge in [0.25, 0.3) is 5.56 Å². The topological polar surface area (TPSA) is 71.8 Å². The number of hydrogen-bond donors (Lipinski definition) is 2. The van der Waals surface area contributed by atoms with E-state index in [1.165, 1.54) is 0 Å². The molecule has 1 aliphatic carbocycles. The monoisotopic (exact) mass is 165 g/mol. The maximum absolute atomic E-state index is 11.2. The van der Waals surface area contributed by atoms with Gasteiger partial charge in [-0.05, 0) is 19.8 Å². The van der Waals surface area contributed by atoms with Gasteiger partial charge in [-0.25, -0.2) is 4.98 Å². The summed E-state index contributed by atoms with van der Waals surface area (Å²) in [5.74, 6) is 1.56. The van der Waals surface area contributed by atoms with Crippen LogP contribution in [0.25, 0.3) is 0 Å². The second kappa shape index (κ2) is 2.33. The van der Waals surface area contributed by atoms with Crippen LogP contribution >= 0.6 is 0 Å². The lowest BCUT2D eigenvalue weighted by Gasteiger charge is -2.00. The van der Waals surface area contributed by atoms with Crippen LogP contribution in [0.15, 0.2) is 4.79 Å². The van der Waals surface area contributed by atoms with Crippen molar-refractivity contribution in [2.45, 2.75) is 25.7 Å². The SMILES string of the molecule is Cc1c(N)nc(C2CC2)[nH]c1=O. The molecule has 1 saturated carbocycles. The van der Waals surface area contributed by atoms with E-state index in [9.17, 15) is 4.79 Å². The van der Waals surface area contributed by atoms with Gasteiger partial charge in [0.05, 0.1) is 5.56 Å². The third-order valence-electron chi connectivity index (χ3n) is 2.17. The van der Waals surface area contributed by atoms with Crippen molar-refractivity contribution < 1.29 is 0 Å². The van der Waals surface area contributed by atoms with Crippen molar-refractivity contribution in [1.82, 2.24) is 9.97 Å². The van der Waals surface area contributed by atoms with Gasteiger partial charge in [0.2, 0.25) is 0 Å². The molecular weight excluding hydrogens is 154 g/mol. The van der Waals surface area contributed by atoms with Crippen LogP contribution in [0.1, 0.15) is 30.1 Å². The molecular formula is C8H11N3O. The van der Waals surface area contributed by atoms with Crippen molar-refractivity contribution in [1.29, 1.82) is 0 Å². The lowest BCUT2D eigenvalue weighted by atomic mass is 10.3. The molecule has 4 nitrogen and oxygen atoms in total. The third kappa shape index (κ3) is 1.09. The summed E-state index contributed by atoms with van der Waals surface area (Å²) in [6.45, 7) is 1.68. The van der Waals surface area contributed by atoms with Crippen LogP contribution in [0, 0.1) is 6.92 Å². The van der Waals surface area contributed by atoms with Crippen molar-refractivity contribution >= 4 is 5.82 Å². The van der Waals surface area contributed by atoms with Crippen molar-refractivity contribution in [2.24, 2.45) is 0 Å². The quantitative estimate of drug-likeness (QED) is 0.637. The molecule has 0 saturated heterocycles. The van der Waals surface area contributed by atoms with E-state index in [0.717, 1.165) is 18.7 Å². The number of aromatic amines is 1. The van der Waals surface area contributed by atoms with Crippen LogP contribution in [0.5, 0.6) is 0 Å². The first-order chi connectivity index (χ1) is 5.68. The number of nitrogen functional groups attached to an aromatic ring is 1. The van der Waals surface area contributed by atoms with Gasteiger partial charge in [-0.15, -0.1) is 0 Å². The van der Waals surface area contributed by atoms with E-state index in [4.69, 9.17) is 5.73 Å². The molecule has 64 valence electrons. The van der Waals surface area contributed by atoms with E-state index in [1.54, 1.807) is 6.92 Å². The summed E-state index contributed by atoms with van der Waals surface area (Å²) in [5, 5.41) is 0. The largest absolute Gasteiger partial charge is 0.383 e. The smallest absolute Gasteiger partial charge is 0.255 e. The first-order valence-electron chi connectivity index (χ1n) is 4.05. The van der Waals surface area contributed by atoms with Crippen molar-refractivity contribution in [3.05, 3.63) is 21.7 Å². The number of rotatable bonds is 1. The van der Waals surface area contributed by atoms with E-state index in [1.807, 2.05) is 0 Å². The standard InChI is InChI=1S/C8H11N3O/c1-4-6(9)10-7(5-2-3-5)11-8(4)12/h5H,2-3H2,1H3,(H3,9,10,11,12). The van der Waals surface area contributed by atoms with E-state index in [2.05, 4.69) is 9.97 Å². The molecule has 1 aliphatic rings. The lowest BCUT2D eigenvalue weighted by molar-refractivity contribution is 0.903. The molecule has 4 heteroatoms. The molecule has 0 spiro atoms. The summed E-state index contributed by atoms with van der Waals surface area (Å²) in [5.41, 5.74) is 5.96. The maximum atomic E-state index is 11.2. The van der Waals surface area contributed by atoms with Crippen LogP contribution in [-0.4, -0.2) is 9.97 Å². The second-order valence-corrected chi connectivity index (χ2v) is 3.24. The number of anilines is 1. The molecule has 0 amide bonds. The Kier molecular flexibility index (Phi) is 1.43. The minimum atomic E-state index is -0.107. The minimum absolute atomic E-state index is 0.107. The fourth-order valence-corrected chi connectivity index (χ4v) is 1.12. The Morgan fingerprint density at radius 1 is 1.58 bits per heavy atom. The maximum Gasteiger partial charge on any atom is 0.255 e. The molecule has 0 atom stereocenters. The lowest BCUT2D eigenvalue weighted by Crippen LogP contribution is -2.16. The number of hydrogen-bond acceptors (Lipinski definition) is 3. The summed E-state index contributed by atoms with van der Waals surface area (Å²) < 4.78 is 0. The molecule has 12 heavy (non-hydrogen) atoms. The third-order valence-corrected chi connectivity index (χ3v) is 2.17. The zero-order valence-corrected chi connectivity index (χ0v) is 6.92. The van der Waals surface area contributed by atoms with Crippen LogP contribution < -0.4 is 11.3 Å². The highest BCUT2D eigenvalue weighted by Crippen LogP contribution is 2.37. The Balaban J connectivity index is 2.53. The predicted octanol–water partition coefficient (Wildman–Crippen LogP) is 0.538. The Morgan fingerprint density at radius 2 is 2.25 bits per heavy atom. The van der Waals surface area contributed by atoms with E-state index in [-0.39, 0.29) is 5.56 Å². The fourth-order valence-electron chi connectivity index (χ4n) is 1.12. The predicted molar refractivity (Wildman–Crippen MR) is 46.0 cm³/mol. The molecule has 0 radical (unpaired) electrons. The van der Waals surface area contributed by atoms with Crippen LogP contribution in [0.3, 0.4) is 0 Å². The Labute approximate surface area is 69.8 Å². The number of aromatic nitrogens is 2. The molecule has 1 heterocycles. The van der Waals surface area contributed by atoms with Gasteiger partial charge in [-0.2, -0.15) is 0 Å². The van der Waals surface area contributed by atoms with Gasteiger partial charge in [0.15, 0.2) is 0 Å². The number of nitrogens with two attached hydrogens (primary N) is 1. The molecule has 2 rings (SSSR count). The van der Waals surface area contributed by atoms with Gasteiger partial charge >= 0.3 is 0 Å². The van der Waals surface area contributed by atoms with E-state index < -0.39 is 0 Å². The molecule has 1 aromatic heterocycles. The zero-order valence-electron chi connectivity index (χ0n) is 6.92. The molecule has 0 aliphatic heterocycles. The summed E-state index contributed by atoms with van der Waals surface area (Å²) in [6.07, 6.45) is 2.23. The van der Waals surface area contributed by atoms with Gasteiger partial charge < -0.3 is 10.7 Å². The van der Waals surface area contributed by atoms with Gasteiger partial charge in [0, 0.05) is 5.92 Å². The summed E-state index contributed by atoms with van der Waals surface area (Å²) >= 11 is 0. The van der Waals surface area contributed by atoms with Gasteiger partial charge in [-0.1, -0.05) is 0 Å². The zero-order chi connectivity index (χ0) is 8.72. The Bertz CT molecular complexity index is 365. The summed E-state index contributed by atoms with van der Waals surface area (Å²) in [4.78, 5) is 18.1. The molecule has 1 fully saturated rings. The minimum Gasteiger partial charge on any atom is -0.383 e. The van der Waals surface area contributed by atoms with Crippen LogP contribution in [0.4, 0.5) is 5.82 Å². The molecule has 1 aromatic rings. The van der Waals surface area contributed by atoms with E-state index >= 15 is 0 Å². The highest BCUT2D eigenvalue weighted by atomic mass is 16.1. The highest BCUT2D eigenvalue weighted by molar-refractivity contribution is 5.36. The van der Waals surface area contributed by atoms with E-state index in [0.29, 0.717) is 17.3 Å². The highest BCUT2D eigenvalue weighted by Gasteiger charge is 2.26. The van der Waals surface area contributed by atoms with Crippen molar-refractivity contribution in [3.63, 3.8) is 0 Å². The fraction of sp³-hybridized carbons (Fsp3) is 0.500.